The molecule has 1 amide bonds. The van der Waals surface area contributed by atoms with Gasteiger partial charge in [-0.05, 0) is 30.7 Å². The van der Waals surface area contributed by atoms with Crippen LogP contribution in [0, 0.1) is 6.92 Å². The lowest BCUT2D eigenvalue weighted by Gasteiger charge is -2.33. The number of halogens is 2. The largest absolute Gasteiger partial charge is 0.369 e. The van der Waals surface area contributed by atoms with Gasteiger partial charge in [-0.15, -0.1) is 0 Å². The van der Waals surface area contributed by atoms with Gasteiger partial charge in [-0.1, -0.05) is 13.8 Å². The number of hydrogen-bond donors (Lipinski definition) is 1. The summed E-state index contributed by atoms with van der Waals surface area (Å²) in [5, 5.41) is 3.31. The van der Waals surface area contributed by atoms with Crippen LogP contribution in [0.5, 0.6) is 0 Å². The number of piperidine rings is 1. The third-order valence-electron chi connectivity index (χ3n) is 4.57. The van der Waals surface area contributed by atoms with Gasteiger partial charge in [0.2, 0.25) is 0 Å². The van der Waals surface area contributed by atoms with E-state index in [0.717, 1.165) is 37.4 Å². The van der Waals surface area contributed by atoms with Crippen molar-refractivity contribution in [2.45, 2.75) is 39.5 Å². The van der Waals surface area contributed by atoms with Gasteiger partial charge in [0.25, 0.3) is 11.8 Å². The Balaban J connectivity index is 0.00000109. The summed E-state index contributed by atoms with van der Waals surface area (Å²) in [4.78, 5) is 16.5. The first kappa shape index (κ1) is 19.6. The first-order valence-electron chi connectivity index (χ1n) is 9.19. The fourth-order valence-electron chi connectivity index (χ4n) is 3.21. The maximum Gasteiger partial charge on any atom is 0.253 e. The molecule has 4 nitrogen and oxygen atoms in total. The number of hydrogen-bond acceptors (Lipinski definition) is 3. The van der Waals surface area contributed by atoms with Crippen LogP contribution in [0.15, 0.2) is 18.2 Å². The first-order chi connectivity index (χ1) is 11.9. The molecule has 2 heterocycles. The second kappa shape index (κ2) is 8.61. The molecule has 6 heteroatoms. The number of alkyl halides is 2. The maximum absolute atomic E-state index is 13.3. The van der Waals surface area contributed by atoms with Crippen molar-refractivity contribution in [1.29, 1.82) is 0 Å². The van der Waals surface area contributed by atoms with Crippen molar-refractivity contribution in [3.8, 4) is 0 Å². The van der Waals surface area contributed by atoms with Gasteiger partial charge in [-0.3, -0.25) is 4.79 Å². The van der Waals surface area contributed by atoms with Gasteiger partial charge in [-0.25, -0.2) is 8.78 Å². The van der Waals surface area contributed by atoms with E-state index in [9.17, 15) is 13.6 Å². The number of amides is 1. The molecule has 1 aromatic rings. The molecule has 0 saturated carbocycles. The molecule has 1 aromatic carbocycles. The van der Waals surface area contributed by atoms with Gasteiger partial charge in [0, 0.05) is 63.4 Å². The predicted octanol–water partition coefficient (Wildman–Crippen LogP) is 3.30. The molecule has 0 atom stereocenters. The highest BCUT2D eigenvalue weighted by molar-refractivity contribution is 5.95. The van der Waals surface area contributed by atoms with E-state index in [0.29, 0.717) is 5.56 Å². The van der Waals surface area contributed by atoms with E-state index in [-0.39, 0.29) is 31.8 Å². The summed E-state index contributed by atoms with van der Waals surface area (Å²) in [6, 6.07) is 5.82. The van der Waals surface area contributed by atoms with Crippen molar-refractivity contribution in [2.75, 3.05) is 44.2 Å². The number of piperazine rings is 1. The molecule has 0 bridgehead atoms. The fourth-order valence-corrected chi connectivity index (χ4v) is 3.21. The minimum Gasteiger partial charge on any atom is -0.369 e. The number of likely N-dealkylation sites (tertiary alicyclic amines) is 1. The number of rotatable bonds is 2. The average molecular weight is 353 g/mol. The number of nitrogens with zero attached hydrogens (tertiary/aromatic N) is 2. The van der Waals surface area contributed by atoms with Crippen LogP contribution in [0.3, 0.4) is 0 Å². The van der Waals surface area contributed by atoms with Crippen LogP contribution in [-0.4, -0.2) is 56.0 Å². The van der Waals surface area contributed by atoms with E-state index in [1.165, 1.54) is 0 Å². The first-order valence-corrected chi connectivity index (χ1v) is 9.19. The van der Waals surface area contributed by atoms with Gasteiger partial charge in [-0.2, -0.15) is 0 Å². The number of benzene rings is 1. The van der Waals surface area contributed by atoms with Gasteiger partial charge in [0.15, 0.2) is 0 Å². The normalized spacial score (nSPS) is 19.9. The van der Waals surface area contributed by atoms with Crippen LogP contribution in [0.1, 0.15) is 42.6 Å². The number of carbonyl (C=O) groups is 1. The zero-order chi connectivity index (χ0) is 18.4. The quantitative estimate of drug-likeness (QED) is 0.886. The SMILES string of the molecule is CC.Cc1cc(C(=O)N2CCC(F)(F)CC2)cc(N2CCNCC2)c1. The predicted molar refractivity (Wildman–Crippen MR) is 97.7 cm³/mol. The highest BCUT2D eigenvalue weighted by Crippen LogP contribution is 2.29. The molecule has 0 radical (unpaired) electrons. The summed E-state index contributed by atoms with van der Waals surface area (Å²) in [6.07, 6.45) is -0.482. The number of carbonyl (C=O) groups excluding carboxylic acids is 1. The van der Waals surface area contributed by atoms with Crippen molar-refractivity contribution in [1.82, 2.24) is 10.2 Å². The molecule has 2 aliphatic heterocycles. The molecule has 2 saturated heterocycles. The minimum atomic E-state index is -2.63. The molecule has 0 spiro atoms. The lowest BCUT2D eigenvalue weighted by atomic mass is 10.0. The highest BCUT2D eigenvalue weighted by atomic mass is 19.3. The van der Waals surface area contributed by atoms with Crippen LogP contribution in [0.25, 0.3) is 0 Å². The molecule has 25 heavy (non-hydrogen) atoms. The van der Waals surface area contributed by atoms with Crippen molar-refractivity contribution in [3.05, 3.63) is 29.3 Å². The summed E-state index contributed by atoms with van der Waals surface area (Å²) >= 11 is 0. The molecule has 3 rings (SSSR count). The highest BCUT2D eigenvalue weighted by Gasteiger charge is 2.35. The van der Waals surface area contributed by atoms with E-state index < -0.39 is 5.92 Å². The molecule has 1 N–H and O–H groups in total. The smallest absolute Gasteiger partial charge is 0.253 e. The van der Waals surface area contributed by atoms with E-state index in [1.807, 2.05) is 32.9 Å². The van der Waals surface area contributed by atoms with Gasteiger partial charge in [0.1, 0.15) is 0 Å². The Morgan fingerprint density at radius 1 is 1.04 bits per heavy atom. The summed E-state index contributed by atoms with van der Waals surface area (Å²) in [5.74, 6) is -2.77. The Morgan fingerprint density at radius 3 is 2.24 bits per heavy atom. The molecule has 2 fully saturated rings. The molecule has 0 unspecified atom stereocenters. The van der Waals surface area contributed by atoms with Crippen LogP contribution >= 0.6 is 0 Å². The van der Waals surface area contributed by atoms with Crippen molar-refractivity contribution >= 4 is 11.6 Å². The zero-order valence-electron chi connectivity index (χ0n) is 15.4. The number of aryl methyl sites for hydroxylation is 1. The molecule has 2 aliphatic rings. The Labute approximate surface area is 149 Å². The molecular formula is C19H29F2N3O. The standard InChI is InChI=1S/C17H23F2N3O.C2H6/c1-13-10-14(12-15(11-13)21-8-4-20-5-9-21)16(23)22-6-2-17(18,19)3-7-22;1-2/h10-12,20H,2-9H2,1H3;1-2H3. The van der Waals surface area contributed by atoms with Gasteiger partial charge < -0.3 is 15.1 Å². The van der Waals surface area contributed by atoms with Gasteiger partial charge >= 0.3 is 0 Å². The van der Waals surface area contributed by atoms with Crippen LogP contribution in [0.2, 0.25) is 0 Å². The topological polar surface area (TPSA) is 35.6 Å². The third-order valence-corrected chi connectivity index (χ3v) is 4.57. The van der Waals surface area contributed by atoms with Crippen molar-refractivity contribution in [2.24, 2.45) is 0 Å². The Bertz CT molecular complexity index is 576. The van der Waals surface area contributed by atoms with E-state index in [2.05, 4.69) is 16.3 Å². The second-order valence-electron chi connectivity index (χ2n) is 6.44. The Hall–Kier alpha value is -1.69. The van der Waals surface area contributed by atoms with Crippen molar-refractivity contribution in [3.63, 3.8) is 0 Å². The molecule has 140 valence electrons. The lowest BCUT2D eigenvalue weighted by molar-refractivity contribution is -0.0494. The van der Waals surface area contributed by atoms with Crippen molar-refractivity contribution < 1.29 is 13.6 Å². The summed E-state index contributed by atoms with van der Waals surface area (Å²) < 4.78 is 26.5. The second-order valence-corrected chi connectivity index (χ2v) is 6.44. The molecule has 0 aromatic heterocycles. The number of nitrogens with one attached hydrogen (secondary N) is 1. The summed E-state index contributed by atoms with van der Waals surface area (Å²) in [6.45, 7) is 9.90. The lowest BCUT2D eigenvalue weighted by Crippen LogP contribution is -2.44. The third kappa shape index (κ3) is 5.14. The van der Waals surface area contributed by atoms with E-state index in [1.54, 1.807) is 4.90 Å². The van der Waals surface area contributed by atoms with E-state index in [4.69, 9.17) is 0 Å². The summed E-state index contributed by atoms with van der Waals surface area (Å²) in [5.41, 5.74) is 2.66. The zero-order valence-corrected chi connectivity index (χ0v) is 15.4. The maximum atomic E-state index is 13.3. The monoisotopic (exact) mass is 353 g/mol. The number of anilines is 1. The fraction of sp³-hybridized carbons (Fsp3) is 0.632. The molecule has 0 aliphatic carbocycles. The average Bonchev–Trinajstić information content (AvgIpc) is 2.63. The van der Waals surface area contributed by atoms with Gasteiger partial charge in [0.05, 0.1) is 0 Å². The minimum absolute atomic E-state index is 0.128. The van der Waals surface area contributed by atoms with Crippen LogP contribution in [0.4, 0.5) is 14.5 Å². The molecular weight excluding hydrogens is 324 g/mol. The Kier molecular flexibility index (Phi) is 6.76. The Morgan fingerprint density at radius 2 is 1.64 bits per heavy atom. The van der Waals surface area contributed by atoms with Crippen LogP contribution in [-0.2, 0) is 0 Å². The van der Waals surface area contributed by atoms with E-state index >= 15 is 0 Å². The summed E-state index contributed by atoms with van der Waals surface area (Å²) in [7, 11) is 0. The van der Waals surface area contributed by atoms with Crippen LogP contribution < -0.4 is 10.2 Å².